The molecule has 0 saturated carbocycles. The molecule has 0 unspecified atom stereocenters. The molecule has 1 aromatic rings. The predicted molar refractivity (Wildman–Crippen MR) is 79.8 cm³/mol. The number of nitrogens with one attached hydrogen (secondary N) is 1. The summed E-state index contributed by atoms with van der Waals surface area (Å²) in [5.41, 5.74) is 0.996. The van der Waals surface area contributed by atoms with Gasteiger partial charge in [-0.05, 0) is 25.1 Å². The van der Waals surface area contributed by atoms with E-state index in [0.29, 0.717) is 17.5 Å². The number of aryl methyl sites for hydroxylation is 1. The average Bonchev–Trinajstić information content (AvgIpc) is 2.67. The van der Waals surface area contributed by atoms with Gasteiger partial charge in [0.15, 0.2) is 5.11 Å². The first-order valence-electron chi connectivity index (χ1n) is 6.14. The quantitative estimate of drug-likeness (QED) is 0.844. The summed E-state index contributed by atoms with van der Waals surface area (Å²) in [5, 5.41) is 8.88. The molecule has 0 atom stereocenters. The highest BCUT2D eigenvalue weighted by Gasteiger charge is 2.12. The Bertz CT molecular complexity index is 403. The van der Waals surface area contributed by atoms with Crippen LogP contribution in [-0.2, 0) is 13.1 Å². The zero-order chi connectivity index (χ0) is 13.7. The number of hydrogen-bond acceptors (Lipinski definition) is 2. The van der Waals surface area contributed by atoms with E-state index in [-0.39, 0.29) is 0 Å². The minimum Gasteiger partial charge on any atom is -0.362 e. The summed E-state index contributed by atoms with van der Waals surface area (Å²) in [7, 11) is 1.96. The number of aromatic nitrogens is 2. The van der Waals surface area contributed by atoms with Crippen LogP contribution in [0.3, 0.4) is 0 Å². The zero-order valence-corrected chi connectivity index (χ0v) is 13.0. The molecule has 4 nitrogen and oxygen atoms in total. The highest BCUT2D eigenvalue weighted by Crippen LogP contribution is 2.16. The normalized spacial score (nSPS) is 10.8. The summed E-state index contributed by atoms with van der Waals surface area (Å²) in [4.78, 5) is 1.98. The maximum Gasteiger partial charge on any atom is 0.169 e. The molecule has 0 aliphatic carbocycles. The highest BCUT2D eigenvalue weighted by molar-refractivity contribution is 7.80. The minimum absolute atomic E-state index is 0.570. The second-order valence-electron chi connectivity index (χ2n) is 4.69. The second-order valence-corrected chi connectivity index (χ2v) is 5.48. The largest absolute Gasteiger partial charge is 0.362 e. The van der Waals surface area contributed by atoms with E-state index in [1.165, 1.54) is 0 Å². The van der Waals surface area contributed by atoms with Crippen LogP contribution in [0.5, 0.6) is 0 Å². The molecule has 0 aliphatic heterocycles. The third-order valence-electron chi connectivity index (χ3n) is 2.59. The van der Waals surface area contributed by atoms with Crippen LogP contribution in [0.15, 0.2) is 6.20 Å². The van der Waals surface area contributed by atoms with E-state index in [4.69, 9.17) is 23.8 Å². The molecule has 0 radical (unpaired) electrons. The molecule has 0 spiro atoms. The molecule has 1 rings (SSSR count). The lowest BCUT2D eigenvalue weighted by molar-refractivity contribution is 0.452. The molecular formula is C12H21ClN4S. The highest BCUT2D eigenvalue weighted by atomic mass is 35.5. The summed E-state index contributed by atoms with van der Waals surface area (Å²) >= 11 is 11.5. The number of thiocarbonyl (C=S) groups is 1. The molecule has 0 amide bonds. The van der Waals surface area contributed by atoms with Gasteiger partial charge in [0, 0.05) is 20.1 Å². The molecule has 1 aromatic heterocycles. The Kier molecular flexibility index (Phi) is 5.88. The van der Waals surface area contributed by atoms with E-state index in [1.807, 2.05) is 23.6 Å². The van der Waals surface area contributed by atoms with Crippen molar-refractivity contribution in [2.45, 2.75) is 33.9 Å². The van der Waals surface area contributed by atoms with Crippen LogP contribution < -0.4 is 5.32 Å². The molecule has 0 bridgehead atoms. The van der Waals surface area contributed by atoms with Gasteiger partial charge in [-0.3, -0.25) is 4.68 Å². The summed E-state index contributed by atoms with van der Waals surface area (Å²) in [6, 6.07) is 0. The predicted octanol–water partition coefficient (Wildman–Crippen LogP) is 2.52. The topological polar surface area (TPSA) is 33.1 Å². The van der Waals surface area contributed by atoms with E-state index in [2.05, 4.69) is 24.3 Å². The van der Waals surface area contributed by atoms with Crippen molar-refractivity contribution in [1.82, 2.24) is 20.0 Å². The molecule has 102 valence electrons. The lowest BCUT2D eigenvalue weighted by Gasteiger charge is -2.22. The first-order valence-corrected chi connectivity index (χ1v) is 6.93. The van der Waals surface area contributed by atoms with Gasteiger partial charge in [-0.1, -0.05) is 25.4 Å². The first-order chi connectivity index (χ1) is 8.45. The van der Waals surface area contributed by atoms with E-state index in [0.717, 1.165) is 23.9 Å². The van der Waals surface area contributed by atoms with Crippen molar-refractivity contribution in [1.29, 1.82) is 0 Å². The SMILES string of the molecule is CCn1ncc(Cl)c1CN(C)C(=S)NCC(C)C. The standard InChI is InChI=1S/C12H21ClN4S/c1-5-17-11(10(13)7-15-17)8-16(4)12(18)14-6-9(2)3/h7,9H,5-6,8H2,1-4H3,(H,14,18). The Morgan fingerprint density at radius 2 is 2.28 bits per heavy atom. The van der Waals surface area contributed by atoms with Crippen LogP contribution in [0.1, 0.15) is 26.5 Å². The molecule has 0 saturated heterocycles. The van der Waals surface area contributed by atoms with Gasteiger partial charge >= 0.3 is 0 Å². The molecule has 0 fully saturated rings. The van der Waals surface area contributed by atoms with Crippen molar-refractivity contribution in [2.24, 2.45) is 5.92 Å². The van der Waals surface area contributed by atoms with Gasteiger partial charge < -0.3 is 10.2 Å². The summed E-state index contributed by atoms with van der Waals surface area (Å²) in [6.07, 6.45) is 1.68. The van der Waals surface area contributed by atoms with Crippen molar-refractivity contribution in [3.8, 4) is 0 Å². The Hall–Kier alpha value is -0.810. The van der Waals surface area contributed by atoms with E-state index in [9.17, 15) is 0 Å². The maximum atomic E-state index is 6.13. The van der Waals surface area contributed by atoms with Crippen LogP contribution >= 0.6 is 23.8 Å². The van der Waals surface area contributed by atoms with Gasteiger partial charge in [0.2, 0.25) is 0 Å². The van der Waals surface area contributed by atoms with Gasteiger partial charge in [-0.2, -0.15) is 5.10 Å². The van der Waals surface area contributed by atoms with Crippen LogP contribution in [-0.4, -0.2) is 33.4 Å². The number of hydrogen-bond donors (Lipinski definition) is 1. The van der Waals surface area contributed by atoms with Crippen LogP contribution in [0.2, 0.25) is 5.02 Å². The van der Waals surface area contributed by atoms with Gasteiger partial charge in [0.05, 0.1) is 23.5 Å². The lowest BCUT2D eigenvalue weighted by atomic mass is 10.2. The third kappa shape index (κ3) is 4.14. The molecule has 1 N–H and O–H groups in total. The number of nitrogens with zero attached hydrogens (tertiary/aromatic N) is 3. The van der Waals surface area contributed by atoms with E-state index < -0.39 is 0 Å². The third-order valence-corrected chi connectivity index (χ3v) is 3.36. The lowest BCUT2D eigenvalue weighted by Crippen LogP contribution is -2.38. The van der Waals surface area contributed by atoms with E-state index >= 15 is 0 Å². The molecule has 1 heterocycles. The number of halogens is 1. The summed E-state index contributed by atoms with van der Waals surface area (Å²) in [6.45, 7) is 8.70. The van der Waals surface area contributed by atoms with Crippen molar-refractivity contribution in [2.75, 3.05) is 13.6 Å². The molecule has 6 heteroatoms. The van der Waals surface area contributed by atoms with Crippen molar-refractivity contribution < 1.29 is 0 Å². The fourth-order valence-electron chi connectivity index (χ4n) is 1.54. The average molecular weight is 289 g/mol. The fourth-order valence-corrected chi connectivity index (χ4v) is 1.89. The van der Waals surface area contributed by atoms with Gasteiger partial charge in [-0.25, -0.2) is 0 Å². The van der Waals surface area contributed by atoms with Crippen LogP contribution in [0.4, 0.5) is 0 Å². The molecule has 18 heavy (non-hydrogen) atoms. The summed E-state index contributed by atoms with van der Waals surface area (Å²) < 4.78 is 1.89. The smallest absolute Gasteiger partial charge is 0.169 e. The minimum atomic E-state index is 0.570. The van der Waals surface area contributed by atoms with Crippen molar-refractivity contribution in [3.05, 3.63) is 16.9 Å². The van der Waals surface area contributed by atoms with Crippen LogP contribution in [0.25, 0.3) is 0 Å². The first kappa shape index (κ1) is 15.2. The summed E-state index contributed by atoms with van der Waals surface area (Å²) in [5.74, 6) is 0.570. The molecular weight excluding hydrogens is 268 g/mol. The number of rotatable bonds is 5. The zero-order valence-electron chi connectivity index (χ0n) is 11.4. The Morgan fingerprint density at radius 1 is 1.61 bits per heavy atom. The Labute approximate surface area is 119 Å². The fraction of sp³-hybridized carbons (Fsp3) is 0.667. The monoisotopic (exact) mass is 288 g/mol. The van der Waals surface area contributed by atoms with E-state index in [1.54, 1.807) is 6.20 Å². The maximum absolute atomic E-state index is 6.13. The van der Waals surface area contributed by atoms with Crippen molar-refractivity contribution >= 4 is 28.9 Å². The Morgan fingerprint density at radius 3 is 2.83 bits per heavy atom. The molecule has 0 aromatic carbocycles. The van der Waals surface area contributed by atoms with Gasteiger partial charge in [0.1, 0.15) is 0 Å². The van der Waals surface area contributed by atoms with Gasteiger partial charge in [0.25, 0.3) is 0 Å². The Balaban J connectivity index is 2.60. The van der Waals surface area contributed by atoms with Crippen molar-refractivity contribution in [3.63, 3.8) is 0 Å². The van der Waals surface area contributed by atoms with Gasteiger partial charge in [-0.15, -0.1) is 0 Å². The second kappa shape index (κ2) is 6.95. The van der Waals surface area contributed by atoms with Crippen LogP contribution in [0, 0.1) is 5.92 Å². The molecule has 0 aliphatic rings.